The highest BCUT2D eigenvalue weighted by Crippen LogP contribution is 2.13. The van der Waals surface area contributed by atoms with Gasteiger partial charge in [-0.05, 0) is 24.5 Å². The molecule has 4 heteroatoms. The van der Waals surface area contributed by atoms with E-state index in [1.165, 1.54) is 29.6 Å². The molecule has 0 aromatic carbocycles. The summed E-state index contributed by atoms with van der Waals surface area (Å²) in [6.07, 6.45) is 8.48. The molecular formula is C11H16N4. The molecule has 4 nitrogen and oxygen atoms in total. The third kappa shape index (κ3) is 2.09. The van der Waals surface area contributed by atoms with Crippen LogP contribution in [0.15, 0.2) is 18.5 Å². The fraction of sp³-hybridized carbons (Fsp3) is 0.455. The summed E-state index contributed by atoms with van der Waals surface area (Å²) in [4.78, 5) is 5.61. The Morgan fingerprint density at radius 1 is 1.33 bits per heavy atom. The molecule has 0 atom stereocenters. The van der Waals surface area contributed by atoms with E-state index in [9.17, 15) is 0 Å². The van der Waals surface area contributed by atoms with Crippen LogP contribution in [0.1, 0.15) is 31.7 Å². The van der Waals surface area contributed by atoms with Crippen LogP contribution in [0.4, 0.5) is 0 Å². The maximum Gasteiger partial charge on any atom is 0.180 e. The molecule has 2 aromatic rings. The lowest BCUT2D eigenvalue weighted by Gasteiger charge is -2.00. The fourth-order valence-corrected chi connectivity index (χ4v) is 1.70. The van der Waals surface area contributed by atoms with E-state index in [0.29, 0.717) is 0 Å². The van der Waals surface area contributed by atoms with Crippen LogP contribution in [-0.2, 0) is 6.42 Å². The van der Waals surface area contributed by atoms with Gasteiger partial charge in [-0.2, -0.15) is 9.89 Å². The van der Waals surface area contributed by atoms with E-state index in [0.717, 1.165) is 17.5 Å². The predicted octanol–water partition coefficient (Wildman–Crippen LogP) is 1.88. The molecule has 2 aromatic heterocycles. The number of hydrogen-bond donors (Lipinski definition) is 1. The molecular weight excluding hydrogens is 188 g/mol. The zero-order chi connectivity index (χ0) is 10.7. The second kappa shape index (κ2) is 4.29. The van der Waals surface area contributed by atoms with Crippen molar-refractivity contribution in [1.29, 1.82) is 0 Å². The van der Waals surface area contributed by atoms with Crippen molar-refractivity contribution in [3.63, 3.8) is 0 Å². The molecule has 0 fully saturated rings. The van der Waals surface area contributed by atoms with Gasteiger partial charge in [0.05, 0.1) is 6.20 Å². The first-order chi connectivity index (χ1) is 7.31. The topological polar surface area (TPSA) is 56.7 Å². The van der Waals surface area contributed by atoms with E-state index in [1.807, 2.05) is 6.20 Å². The smallest absolute Gasteiger partial charge is 0.180 e. The van der Waals surface area contributed by atoms with E-state index in [-0.39, 0.29) is 0 Å². The van der Waals surface area contributed by atoms with Gasteiger partial charge in [-0.1, -0.05) is 19.8 Å². The monoisotopic (exact) mass is 204 g/mol. The zero-order valence-electron chi connectivity index (χ0n) is 8.98. The van der Waals surface area contributed by atoms with Crippen LogP contribution in [-0.4, -0.2) is 14.9 Å². The second-order valence-electron chi connectivity index (χ2n) is 3.80. The first-order valence-electron chi connectivity index (χ1n) is 5.39. The molecule has 0 radical (unpaired) electrons. The third-order valence-electron chi connectivity index (χ3n) is 2.56. The maximum absolute atomic E-state index is 5.59. The van der Waals surface area contributed by atoms with Gasteiger partial charge in [-0.15, -0.1) is 0 Å². The minimum atomic E-state index is 0.745. The lowest BCUT2D eigenvalue weighted by atomic mass is 10.1. The summed E-state index contributed by atoms with van der Waals surface area (Å²) in [5, 5.41) is 4.99. The molecule has 0 bridgehead atoms. The van der Waals surface area contributed by atoms with Crippen LogP contribution in [0.3, 0.4) is 0 Å². The first kappa shape index (κ1) is 9.96. The minimum Gasteiger partial charge on any atom is -0.321 e. The quantitative estimate of drug-likeness (QED) is 0.611. The van der Waals surface area contributed by atoms with E-state index in [2.05, 4.69) is 23.1 Å². The van der Waals surface area contributed by atoms with Gasteiger partial charge in [0.1, 0.15) is 0 Å². The summed E-state index contributed by atoms with van der Waals surface area (Å²) >= 11 is 0. The van der Waals surface area contributed by atoms with Crippen molar-refractivity contribution in [2.24, 2.45) is 0 Å². The molecule has 0 unspecified atom stereocenters. The van der Waals surface area contributed by atoms with Crippen molar-refractivity contribution in [3.05, 3.63) is 24.0 Å². The van der Waals surface area contributed by atoms with Gasteiger partial charge < -0.3 is 5.84 Å². The molecule has 0 saturated carbocycles. The molecule has 0 spiro atoms. The average Bonchev–Trinajstić information content (AvgIpc) is 2.61. The molecule has 0 amide bonds. The van der Waals surface area contributed by atoms with Gasteiger partial charge in [-0.25, -0.2) is 4.98 Å². The van der Waals surface area contributed by atoms with Crippen LogP contribution in [0, 0.1) is 0 Å². The molecule has 2 rings (SSSR count). The molecule has 0 saturated heterocycles. The maximum atomic E-state index is 5.59. The summed E-state index contributed by atoms with van der Waals surface area (Å²) in [5.74, 6) is 5.59. The number of aromatic nitrogens is 3. The van der Waals surface area contributed by atoms with E-state index >= 15 is 0 Å². The number of nitrogens with zero attached hydrogens (tertiary/aromatic N) is 3. The standard InChI is InChI=1S/C11H16N4/c1-2-3-4-5-9-6-10-8-14-15(12)11(10)13-7-9/h6-8H,2-5,12H2,1H3. The van der Waals surface area contributed by atoms with Gasteiger partial charge in [0, 0.05) is 11.6 Å². The van der Waals surface area contributed by atoms with Gasteiger partial charge in [-0.3, -0.25) is 0 Å². The summed E-state index contributed by atoms with van der Waals surface area (Å²) in [7, 11) is 0. The molecule has 15 heavy (non-hydrogen) atoms. The fourth-order valence-electron chi connectivity index (χ4n) is 1.70. The highest BCUT2D eigenvalue weighted by atomic mass is 15.5. The van der Waals surface area contributed by atoms with Crippen molar-refractivity contribution in [3.8, 4) is 0 Å². The number of hydrogen-bond acceptors (Lipinski definition) is 3. The van der Waals surface area contributed by atoms with E-state index < -0.39 is 0 Å². The highest BCUT2D eigenvalue weighted by Gasteiger charge is 2.02. The summed E-state index contributed by atoms with van der Waals surface area (Å²) in [6, 6.07) is 2.12. The number of nitrogens with two attached hydrogens (primary N) is 1. The SMILES string of the molecule is CCCCCc1cnc2c(cnn2N)c1. The Labute approximate surface area is 89.1 Å². The molecule has 0 aliphatic rings. The summed E-state index contributed by atoms with van der Waals surface area (Å²) in [5.41, 5.74) is 2.01. The van der Waals surface area contributed by atoms with Crippen LogP contribution >= 0.6 is 0 Å². The zero-order valence-corrected chi connectivity index (χ0v) is 8.98. The normalized spacial score (nSPS) is 11.0. The van der Waals surface area contributed by atoms with Crippen LogP contribution in [0.25, 0.3) is 11.0 Å². The lowest BCUT2D eigenvalue weighted by molar-refractivity contribution is 0.716. The number of aryl methyl sites for hydroxylation is 1. The minimum absolute atomic E-state index is 0.745. The molecule has 0 aliphatic carbocycles. The number of fused-ring (bicyclic) bond motifs is 1. The van der Waals surface area contributed by atoms with E-state index in [4.69, 9.17) is 5.84 Å². The third-order valence-corrected chi connectivity index (χ3v) is 2.56. The summed E-state index contributed by atoms with van der Waals surface area (Å²) < 4.78 is 0. The Bertz CT molecular complexity index is 447. The highest BCUT2D eigenvalue weighted by molar-refractivity contribution is 5.74. The Morgan fingerprint density at radius 3 is 3.00 bits per heavy atom. The number of rotatable bonds is 4. The number of pyridine rings is 1. The average molecular weight is 204 g/mol. The Morgan fingerprint density at radius 2 is 2.20 bits per heavy atom. The van der Waals surface area contributed by atoms with Gasteiger partial charge in [0.15, 0.2) is 5.65 Å². The lowest BCUT2D eigenvalue weighted by Crippen LogP contribution is -2.09. The predicted molar refractivity (Wildman–Crippen MR) is 60.9 cm³/mol. The van der Waals surface area contributed by atoms with Gasteiger partial charge >= 0.3 is 0 Å². The van der Waals surface area contributed by atoms with Crippen molar-refractivity contribution >= 4 is 11.0 Å². The number of unbranched alkanes of at least 4 members (excludes halogenated alkanes) is 2. The van der Waals surface area contributed by atoms with Crippen LogP contribution < -0.4 is 5.84 Å². The molecule has 80 valence electrons. The van der Waals surface area contributed by atoms with Crippen molar-refractivity contribution < 1.29 is 0 Å². The van der Waals surface area contributed by atoms with Crippen molar-refractivity contribution in [1.82, 2.24) is 14.9 Å². The van der Waals surface area contributed by atoms with E-state index in [1.54, 1.807) is 6.20 Å². The molecule has 2 heterocycles. The molecule has 2 N–H and O–H groups in total. The van der Waals surface area contributed by atoms with Gasteiger partial charge in [0.25, 0.3) is 0 Å². The Kier molecular flexibility index (Phi) is 2.85. The van der Waals surface area contributed by atoms with Gasteiger partial charge in [0.2, 0.25) is 0 Å². The Hall–Kier alpha value is -1.58. The van der Waals surface area contributed by atoms with Crippen molar-refractivity contribution in [2.45, 2.75) is 32.6 Å². The van der Waals surface area contributed by atoms with Crippen molar-refractivity contribution in [2.75, 3.05) is 5.84 Å². The molecule has 0 aliphatic heterocycles. The largest absolute Gasteiger partial charge is 0.321 e. The number of nitrogen functional groups attached to an aromatic ring is 1. The second-order valence-corrected chi connectivity index (χ2v) is 3.80. The van der Waals surface area contributed by atoms with Crippen LogP contribution in [0.2, 0.25) is 0 Å². The van der Waals surface area contributed by atoms with Crippen LogP contribution in [0.5, 0.6) is 0 Å². The summed E-state index contributed by atoms with van der Waals surface area (Å²) in [6.45, 7) is 2.21. The Balaban J connectivity index is 2.16. The first-order valence-corrected chi connectivity index (χ1v) is 5.39.